The molecule has 1 heterocycles. The van der Waals surface area contributed by atoms with E-state index in [1.54, 1.807) is 0 Å². The van der Waals surface area contributed by atoms with Gasteiger partial charge in [0.05, 0.1) is 0 Å². The third kappa shape index (κ3) is 2.73. The van der Waals surface area contributed by atoms with Crippen LogP contribution in [0, 0.1) is 11.3 Å². The van der Waals surface area contributed by atoms with Crippen LogP contribution in [0.4, 0.5) is 0 Å². The van der Waals surface area contributed by atoms with E-state index < -0.39 is 0 Å². The number of hydrogen-bond donors (Lipinski definition) is 0. The predicted molar refractivity (Wildman–Crippen MR) is 71.0 cm³/mol. The molecule has 0 aromatic heterocycles. The molecule has 0 bridgehead atoms. The number of carbonyl (C=O) groups excluding carboxylic acids is 1. The molecule has 2 nitrogen and oxygen atoms in total. The van der Waals surface area contributed by atoms with E-state index in [-0.39, 0.29) is 5.92 Å². The third-order valence-corrected chi connectivity index (χ3v) is 5.02. The fraction of sp³-hybridized carbons (Fsp3) is 0.933. The molecule has 2 aliphatic rings. The van der Waals surface area contributed by atoms with Gasteiger partial charge in [-0.1, -0.05) is 27.2 Å². The highest BCUT2D eigenvalue weighted by Crippen LogP contribution is 2.39. The van der Waals surface area contributed by atoms with Crippen LogP contribution < -0.4 is 0 Å². The van der Waals surface area contributed by atoms with E-state index >= 15 is 0 Å². The second kappa shape index (κ2) is 4.72. The molecule has 1 aliphatic heterocycles. The number of nitrogens with zero attached hydrogens (tertiary/aromatic N) is 1. The van der Waals surface area contributed by atoms with E-state index in [1.807, 2.05) is 0 Å². The summed E-state index contributed by atoms with van der Waals surface area (Å²) in [7, 11) is 0. The summed E-state index contributed by atoms with van der Waals surface area (Å²) < 4.78 is 0. The van der Waals surface area contributed by atoms with E-state index in [1.165, 1.54) is 25.7 Å². The Hall–Kier alpha value is -0.370. The summed E-state index contributed by atoms with van der Waals surface area (Å²) in [5, 5.41) is 0. The van der Waals surface area contributed by atoms with Crippen LogP contribution in [0.5, 0.6) is 0 Å². The van der Waals surface area contributed by atoms with Gasteiger partial charge in [-0.3, -0.25) is 9.69 Å². The molecule has 3 unspecified atom stereocenters. The molecule has 0 aromatic carbocycles. The summed E-state index contributed by atoms with van der Waals surface area (Å²) in [4.78, 5) is 14.4. The Balaban J connectivity index is 2.04. The molecule has 0 spiro atoms. The average Bonchev–Trinajstić information content (AvgIpc) is 2.25. The summed E-state index contributed by atoms with van der Waals surface area (Å²) in [6, 6.07) is 1.15. The molecule has 2 rings (SSSR count). The Labute approximate surface area is 106 Å². The molecule has 1 saturated heterocycles. The molecule has 2 fully saturated rings. The van der Waals surface area contributed by atoms with Gasteiger partial charge < -0.3 is 0 Å². The Bertz CT molecular complexity index is 297. The molecule has 17 heavy (non-hydrogen) atoms. The van der Waals surface area contributed by atoms with Gasteiger partial charge in [-0.25, -0.2) is 0 Å². The zero-order valence-electron chi connectivity index (χ0n) is 11.8. The number of rotatable bonds is 1. The van der Waals surface area contributed by atoms with Crippen LogP contribution in [0.25, 0.3) is 0 Å². The van der Waals surface area contributed by atoms with Crippen molar-refractivity contribution in [3.05, 3.63) is 0 Å². The number of carbonyl (C=O) groups is 1. The predicted octanol–water partition coefficient (Wildman–Crippen LogP) is 3.25. The molecule has 3 atom stereocenters. The van der Waals surface area contributed by atoms with E-state index in [0.29, 0.717) is 23.3 Å². The van der Waals surface area contributed by atoms with Crippen molar-refractivity contribution in [2.45, 2.75) is 71.9 Å². The van der Waals surface area contributed by atoms with Gasteiger partial charge in [0.15, 0.2) is 0 Å². The summed E-state index contributed by atoms with van der Waals surface area (Å²) >= 11 is 0. The lowest BCUT2D eigenvalue weighted by Crippen LogP contribution is -2.53. The topological polar surface area (TPSA) is 20.3 Å². The van der Waals surface area contributed by atoms with Crippen molar-refractivity contribution < 1.29 is 4.79 Å². The Kier molecular flexibility index (Phi) is 3.63. The standard InChI is InChI=1S/C15H27NO/c1-11-12(2)16(9-7-14(11)17)13-6-5-8-15(3,4)10-13/h11-13H,5-10H2,1-4H3. The van der Waals surface area contributed by atoms with Crippen molar-refractivity contribution in [1.29, 1.82) is 0 Å². The van der Waals surface area contributed by atoms with Gasteiger partial charge in [0.1, 0.15) is 5.78 Å². The van der Waals surface area contributed by atoms with E-state index in [2.05, 4.69) is 32.6 Å². The number of piperidine rings is 1. The highest BCUT2D eigenvalue weighted by Gasteiger charge is 2.38. The first-order chi connectivity index (χ1) is 7.91. The third-order valence-electron chi connectivity index (χ3n) is 5.02. The SMILES string of the molecule is CC1C(=O)CCN(C2CCCC(C)(C)C2)C1C. The van der Waals surface area contributed by atoms with Crippen LogP contribution in [-0.4, -0.2) is 29.3 Å². The lowest BCUT2D eigenvalue weighted by molar-refractivity contribution is -0.129. The van der Waals surface area contributed by atoms with Gasteiger partial charge in [-0.15, -0.1) is 0 Å². The molecule has 98 valence electrons. The minimum Gasteiger partial charge on any atom is -0.299 e. The van der Waals surface area contributed by atoms with Gasteiger partial charge in [-0.2, -0.15) is 0 Å². The van der Waals surface area contributed by atoms with Gasteiger partial charge in [0.2, 0.25) is 0 Å². The van der Waals surface area contributed by atoms with Gasteiger partial charge >= 0.3 is 0 Å². The van der Waals surface area contributed by atoms with Crippen LogP contribution in [0.15, 0.2) is 0 Å². The Morgan fingerprint density at radius 2 is 2.00 bits per heavy atom. The highest BCUT2D eigenvalue weighted by atomic mass is 16.1. The second-order valence-corrected chi connectivity index (χ2v) is 6.90. The molecule has 0 aromatic rings. The first kappa shape index (κ1) is 13.1. The normalized spacial score (nSPS) is 39.3. The van der Waals surface area contributed by atoms with E-state index in [0.717, 1.165) is 13.0 Å². The Morgan fingerprint density at radius 1 is 1.29 bits per heavy atom. The van der Waals surface area contributed by atoms with Crippen LogP contribution in [0.2, 0.25) is 0 Å². The summed E-state index contributed by atoms with van der Waals surface area (Å²) in [5.74, 6) is 0.692. The fourth-order valence-corrected chi connectivity index (χ4v) is 3.68. The van der Waals surface area contributed by atoms with Crippen LogP contribution >= 0.6 is 0 Å². The maximum absolute atomic E-state index is 11.7. The lowest BCUT2D eigenvalue weighted by Gasteiger charge is -2.47. The van der Waals surface area contributed by atoms with Crippen molar-refractivity contribution in [1.82, 2.24) is 4.90 Å². The maximum atomic E-state index is 11.7. The monoisotopic (exact) mass is 237 g/mol. The molecule has 0 N–H and O–H groups in total. The molecule has 0 amide bonds. The first-order valence-corrected chi connectivity index (χ1v) is 7.19. The summed E-state index contributed by atoms with van der Waals surface area (Å²) in [5.41, 5.74) is 0.493. The average molecular weight is 237 g/mol. The Morgan fingerprint density at radius 3 is 2.65 bits per heavy atom. The van der Waals surface area contributed by atoms with Gasteiger partial charge in [0.25, 0.3) is 0 Å². The van der Waals surface area contributed by atoms with E-state index in [9.17, 15) is 4.79 Å². The largest absolute Gasteiger partial charge is 0.299 e. The lowest BCUT2D eigenvalue weighted by atomic mass is 9.73. The highest BCUT2D eigenvalue weighted by molar-refractivity contribution is 5.82. The van der Waals surface area contributed by atoms with Crippen molar-refractivity contribution in [2.24, 2.45) is 11.3 Å². The molecular formula is C15H27NO. The first-order valence-electron chi connectivity index (χ1n) is 7.19. The van der Waals surface area contributed by atoms with Crippen molar-refractivity contribution in [3.8, 4) is 0 Å². The van der Waals surface area contributed by atoms with Crippen LogP contribution in [-0.2, 0) is 4.79 Å². The second-order valence-electron chi connectivity index (χ2n) is 6.90. The zero-order valence-corrected chi connectivity index (χ0v) is 11.8. The zero-order chi connectivity index (χ0) is 12.6. The molecule has 0 radical (unpaired) electrons. The number of Topliss-reactive ketones (excluding diaryl/α,β-unsaturated/α-hetero) is 1. The number of ketones is 1. The van der Waals surface area contributed by atoms with Crippen LogP contribution in [0.1, 0.15) is 59.8 Å². The van der Waals surface area contributed by atoms with Crippen molar-refractivity contribution >= 4 is 5.78 Å². The number of likely N-dealkylation sites (tertiary alicyclic amines) is 1. The molecular weight excluding hydrogens is 210 g/mol. The molecule has 1 aliphatic carbocycles. The molecule has 1 saturated carbocycles. The van der Waals surface area contributed by atoms with Crippen molar-refractivity contribution in [2.75, 3.05) is 6.54 Å². The number of hydrogen-bond acceptors (Lipinski definition) is 2. The van der Waals surface area contributed by atoms with Gasteiger partial charge in [-0.05, 0) is 31.6 Å². The smallest absolute Gasteiger partial charge is 0.138 e. The maximum Gasteiger partial charge on any atom is 0.138 e. The summed E-state index contributed by atoms with van der Waals surface area (Å²) in [6.07, 6.45) is 6.11. The van der Waals surface area contributed by atoms with Crippen molar-refractivity contribution in [3.63, 3.8) is 0 Å². The van der Waals surface area contributed by atoms with Crippen LogP contribution in [0.3, 0.4) is 0 Å². The minimum atomic E-state index is 0.230. The van der Waals surface area contributed by atoms with E-state index in [4.69, 9.17) is 0 Å². The molecule has 2 heteroatoms. The van der Waals surface area contributed by atoms with Gasteiger partial charge in [0, 0.05) is 31.0 Å². The minimum absolute atomic E-state index is 0.230. The summed E-state index contributed by atoms with van der Waals surface area (Å²) in [6.45, 7) is 10.1. The quantitative estimate of drug-likeness (QED) is 0.697. The fourth-order valence-electron chi connectivity index (χ4n) is 3.68.